The maximum atomic E-state index is 12.7. The molecule has 0 fully saturated rings. The van der Waals surface area contributed by atoms with Crippen molar-refractivity contribution >= 4 is 44.7 Å². The van der Waals surface area contributed by atoms with Crippen LogP contribution in [0, 0.1) is 0 Å². The fourth-order valence-corrected chi connectivity index (χ4v) is 3.73. The Morgan fingerprint density at radius 1 is 0.875 bits per heavy atom. The van der Waals surface area contributed by atoms with E-state index in [1.165, 1.54) is 6.33 Å². The van der Waals surface area contributed by atoms with Gasteiger partial charge in [-0.05, 0) is 28.5 Å². The lowest BCUT2D eigenvalue weighted by Crippen LogP contribution is -2.44. The minimum atomic E-state index is -0.560. The number of nitrogens with one attached hydrogen (secondary N) is 2. The van der Waals surface area contributed by atoms with Gasteiger partial charge in [-0.3, -0.25) is 29.8 Å². The predicted molar refractivity (Wildman–Crippen MR) is 120 cm³/mol. The highest BCUT2D eigenvalue weighted by molar-refractivity contribution is 6.01. The summed E-state index contributed by atoms with van der Waals surface area (Å²) in [6, 6.07) is 20.7. The molecular formula is C24H18N4O4. The predicted octanol–water partition coefficient (Wildman–Crippen LogP) is 2.69. The minimum absolute atomic E-state index is 0.0847. The van der Waals surface area contributed by atoms with Crippen LogP contribution in [0.1, 0.15) is 5.56 Å². The molecule has 0 saturated heterocycles. The van der Waals surface area contributed by atoms with Gasteiger partial charge in [-0.1, -0.05) is 54.6 Å². The van der Waals surface area contributed by atoms with Gasteiger partial charge in [0.2, 0.25) is 11.5 Å². The third-order valence-electron chi connectivity index (χ3n) is 5.24. The SMILES string of the molecule is O=C(Cc1cccc2ccccc12)NNC(=O)Cn1cnc2c(oc3ccccc32)c1=O. The summed E-state index contributed by atoms with van der Waals surface area (Å²) >= 11 is 0. The molecule has 0 radical (unpaired) electrons. The van der Waals surface area contributed by atoms with Gasteiger partial charge in [0.05, 0.1) is 12.7 Å². The van der Waals surface area contributed by atoms with Crippen LogP contribution in [0.5, 0.6) is 0 Å². The van der Waals surface area contributed by atoms with Crippen molar-refractivity contribution in [1.29, 1.82) is 0 Å². The molecule has 2 amide bonds. The summed E-state index contributed by atoms with van der Waals surface area (Å²) < 4.78 is 6.74. The molecule has 2 aromatic heterocycles. The second-order valence-corrected chi connectivity index (χ2v) is 7.36. The molecule has 0 atom stereocenters. The van der Waals surface area contributed by atoms with E-state index in [2.05, 4.69) is 15.8 Å². The first kappa shape index (κ1) is 19.5. The van der Waals surface area contributed by atoms with Crippen LogP contribution in [0.4, 0.5) is 0 Å². The van der Waals surface area contributed by atoms with E-state index >= 15 is 0 Å². The van der Waals surface area contributed by atoms with Crippen LogP contribution in [-0.4, -0.2) is 21.4 Å². The molecule has 2 heterocycles. The van der Waals surface area contributed by atoms with E-state index in [1.807, 2.05) is 54.6 Å². The number of rotatable bonds is 4. The molecule has 0 unspecified atom stereocenters. The van der Waals surface area contributed by atoms with Gasteiger partial charge in [0.1, 0.15) is 17.6 Å². The molecule has 0 spiro atoms. The number of fused-ring (bicyclic) bond motifs is 4. The number of hydrazine groups is 1. The molecule has 5 rings (SSSR count). The van der Waals surface area contributed by atoms with Crippen LogP contribution < -0.4 is 16.4 Å². The first-order chi connectivity index (χ1) is 15.6. The summed E-state index contributed by atoms with van der Waals surface area (Å²) in [6.07, 6.45) is 1.40. The number of carbonyl (C=O) groups excluding carboxylic acids is 2. The quantitative estimate of drug-likeness (QED) is 0.430. The third-order valence-corrected chi connectivity index (χ3v) is 5.24. The molecule has 158 valence electrons. The van der Waals surface area contributed by atoms with Gasteiger partial charge in [0.25, 0.3) is 11.5 Å². The van der Waals surface area contributed by atoms with Crippen molar-refractivity contribution in [3.63, 3.8) is 0 Å². The fourth-order valence-electron chi connectivity index (χ4n) is 3.73. The van der Waals surface area contributed by atoms with Crippen LogP contribution in [0.3, 0.4) is 0 Å². The number of hydrogen-bond donors (Lipinski definition) is 2. The molecular weight excluding hydrogens is 408 g/mol. The second-order valence-electron chi connectivity index (χ2n) is 7.36. The highest BCUT2D eigenvalue weighted by Crippen LogP contribution is 2.24. The van der Waals surface area contributed by atoms with Gasteiger partial charge in [-0.2, -0.15) is 0 Å². The fraction of sp³-hybridized carbons (Fsp3) is 0.0833. The molecule has 0 saturated carbocycles. The lowest BCUT2D eigenvalue weighted by atomic mass is 10.0. The number of nitrogens with zero attached hydrogens (tertiary/aromatic N) is 2. The largest absolute Gasteiger partial charge is 0.448 e. The van der Waals surface area contributed by atoms with Gasteiger partial charge in [-0.15, -0.1) is 0 Å². The Hall–Kier alpha value is -4.46. The van der Waals surface area contributed by atoms with E-state index in [9.17, 15) is 14.4 Å². The average molecular weight is 426 g/mol. The number of para-hydroxylation sites is 1. The van der Waals surface area contributed by atoms with Gasteiger partial charge in [0, 0.05) is 5.39 Å². The Morgan fingerprint density at radius 2 is 1.59 bits per heavy atom. The van der Waals surface area contributed by atoms with Crippen molar-refractivity contribution in [2.75, 3.05) is 0 Å². The number of amides is 2. The molecule has 5 aromatic rings. The van der Waals surface area contributed by atoms with Crippen LogP contribution in [0.2, 0.25) is 0 Å². The zero-order valence-electron chi connectivity index (χ0n) is 16.9. The first-order valence-electron chi connectivity index (χ1n) is 10.0. The monoisotopic (exact) mass is 426 g/mol. The van der Waals surface area contributed by atoms with Gasteiger partial charge in [0.15, 0.2) is 0 Å². The average Bonchev–Trinajstić information content (AvgIpc) is 3.19. The van der Waals surface area contributed by atoms with Gasteiger partial charge >= 0.3 is 0 Å². The lowest BCUT2D eigenvalue weighted by molar-refractivity contribution is -0.128. The van der Waals surface area contributed by atoms with Crippen LogP contribution in [0.25, 0.3) is 32.8 Å². The van der Waals surface area contributed by atoms with E-state index in [0.717, 1.165) is 26.3 Å². The molecule has 3 aromatic carbocycles. The number of carbonyl (C=O) groups is 2. The summed E-state index contributed by atoms with van der Waals surface area (Å²) in [6.45, 7) is -0.312. The zero-order valence-corrected chi connectivity index (χ0v) is 16.9. The molecule has 0 bridgehead atoms. The highest BCUT2D eigenvalue weighted by atomic mass is 16.3. The molecule has 2 N–H and O–H groups in total. The van der Waals surface area contributed by atoms with E-state index in [1.54, 1.807) is 12.1 Å². The Kier molecular flexibility index (Phi) is 4.87. The number of benzene rings is 3. The smallest absolute Gasteiger partial charge is 0.297 e. The highest BCUT2D eigenvalue weighted by Gasteiger charge is 2.15. The van der Waals surface area contributed by atoms with Crippen molar-refractivity contribution in [1.82, 2.24) is 20.4 Å². The van der Waals surface area contributed by atoms with E-state index in [-0.39, 0.29) is 24.5 Å². The zero-order chi connectivity index (χ0) is 22.1. The van der Waals surface area contributed by atoms with Gasteiger partial charge in [-0.25, -0.2) is 4.98 Å². The van der Waals surface area contributed by atoms with Crippen molar-refractivity contribution in [2.24, 2.45) is 0 Å². The molecule has 0 aliphatic carbocycles. The van der Waals surface area contributed by atoms with E-state index < -0.39 is 11.5 Å². The summed E-state index contributed by atoms with van der Waals surface area (Å²) in [4.78, 5) is 41.6. The Morgan fingerprint density at radius 3 is 2.47 bits per heavy atom. The van der Waals surface area contributed by atoms with Crippen LogP contribution in [0.15, 0.2) is 82.3 Å². The summed E-state index contributed by atoms with van der Waals surface area (Å²) in [5, 5.41) is 2.75. The molecule has 0 aliphatic heterocycles. The van der Waals surface area contributed by atoms with Crippen molar-refractivity contribution in [2.45, 2.75) is 13.0 Å². The first-order valence-corrected chi connectivity index (χ1v) is 10.0. The Balaban J connectivity index is 1.26. The van der Waals surface area contributed by atoms with Crippen LogP contribution in [-0.2, 0) is 22.6 Å². The van der Waals surface area contributed by atoms with E-state index in [0.29, 0.717) is 11.1 Å². The molecule has 8 nitrogen and oxygen atoms in total. The maximum absolute atomic E-state index is 12.7. The van der Waals surface area contributed by atoms with Crippen molar-refractivity contribution < 1.29 is 14.0 Å². The maximum Gasteiger partial charge on any atom is 0.297 e. The number of aromatic nitrogens is 2. The summed E-state index contributed by atoms with van der Waals surface area (Å²) in [5.74, 6) is -0.927. The molecule has 32 heavy (non-hydrogen) atoms. The molecule has 0 aliphatic rings. The number of hydrogen-bond acceptors (Lipinski definition) is 5. The van der Waals surface area contributed by atoms with Crippen molar-refractivity contribution in [3.05, 3.63) is 89.0 Å². The standard InChI is InChI=1S/C24H18N4O4/c29-20(12-16-8-5-7-15-6-1-2-9-17(15)16)26-27-21(30)13-28-14-25-22-18-10-3-4-11-19(18)32-23(22)24(28)31/h1-11,14H,12-13H2,(H,26,29)(H,27,30). The normalized spacial score (nSPS) is 11.1. The Bertz CT molecular complexity index is 1550. The second kappa shape index (κ2) is 7.99. The topological polar surface area (TPSA) is 106 Å². The summed E-state index contributed by atoms with van der Waals surface area (Å²) in [5.41, 5.74) is 6.21. The number of furan rings is 1. The minimum Gasteiger partial charge on any atom is -0.448 e. The van der Waals surface area contributed by atoms with Gasteiger partial charge < -0.3 is 4.42 Å². The third kappa shape index (κ3) is 3.58. The Labute approximate surface area is 181 Å². The molecule has 8 heteroatoms. The lowest BCUT2D eigenvalue weighted by Gasteiger charge is -2.10. The van der Waals surface area contributed by atoms with Crippen molar-refractivity contribution in [3.8, 4) is 0 Å². The summed E-state index contributed by atoms with van der Waals surface area (Å²) in [7, 11) is 0. The van der Waals surface area contributed by atoms with E-state index in [4.69, 9.17) is 4.42 Å². The van der Waals surface area contributed by atoms with Crippen LogP contribution >= 0.6 is 0 Å².